The van der Waals surface area contributed by atoms with E-state index in [1.165, 1.54) is 0 Å². The lowest BCUT2D eigenvalue weighted by Gasteiger charge is -2.25. The third kappa shape index (κ3) is 5.01. The van der Waals surface area contributed by atoms with E-state index in [4.69, 9.17) is 4.74 Å². The van der Waals surface area contributed by atoms with Crippen LogP contribution in [0.15, 0.2) is 18.2 Å². The van der Waals surface area contributed by atoms with Crippen molar-refractivity contribution < 1.29 is 14.6 Å². The van der Waals surface area contributed by atoms with Gasteiger partial charge >= 0.3 is 0 Å². The average molecular weight is 265 g/mol. The van der Waals surface area contributed by atoms with Gasteiger partial charge in [0.05, 0.1) is 24.8 Å². The minimum atomic E-state index is -0.813. The molecule has 0 spiro atoms. The fourth-order valence-corrected chi connectivity index (χ4v) is 2.08. The fourth-order valence-electron chi connectivity index (χ4n) is 2.08. The molecule has 4 heteroatoms. The van der Waals surface area contributed by atoms with E-state index in [9.17, 15) is 9.90 Å². The van der Waals surface area contributed by atoms with Crippen molar-refractivity contribution in [2.45, 2.75) is 26.4 Å². The van der Waals surface area contributed by atoms with E-state index in [-0.39, 0.29) is 12.3 Å². The van der Waals surface area contributed by atoms with Gasteiger partial charge in [0.25, 0.3) is 0 Å². The molecular formula is C15H23NO3. The Bertz CT molecular complexity index is 449. The van der Waals surface area contributed by atoms with Crippen LogP contribution in [0.4, 0.5) is 0 Å². The molecule has 0 aliphatic carbocycles. The number of hydrogen-bond donors (Lipinski definition) is 1. The Hall–Kier alpha value is -1.39. The Morgan fingerprint density at radius 3 is 2.58 bits per heavy atom. The molecule has 0 aromatic heterocycles. The normalized spacial score (nSPS) is 11.7. The molecule has 0 fully saturated rings. The van der Waals surface area contributed by atoms with Crippen LogP contribution in [0.1, 0.15) is 29.8 Å². The van der Waals surface area contributed by atoms with Crippen molar-refractivity contribution >= 4 is 5.78 Å². The maximum absolute atomic E-state index is 12.2. The summed E-state index contributed by atoms with van der Waals surface area (Å²) < 4.78 is 5.24. The van der Waals surface area contributed by atoms with E-state index in [1.807, 2.05) is 31.0 Å². The lowest BCUT2D eigenvalue weighted by atomic mass is 10.1. The molecule has 0 heterocycles. The highest BCUT2D eigenvalue weighted by molar-refractivity contribution is 6.00. The third-order valence-corrected chi connectivity index (χ3v) is 2.73. The number of Topliss-reactive ketones (excluding diaryl/α,β-unsaturated/α-hetero) is 1. The molecule has 4 nitrogen and oxygen atoms in total. The first-order chi connectivity index (χ1) is 8.73. The van der Waals surface area contributed by atoms with Gasteiger partial charge in [-0.15, -0.1) is 0 Å². The number of aliphatic hydroxyl groups is 1. The molecule has 19 heavy (non-hydrogen) atoms. The predicted octanol–water partition coefficient (Wildman–Crippen LogP) is 1.89. The van der Waals surface area contributed by atoms with Crippen molar-refractivity contribution in [3.05, 3.63) is 29.3 Å². The molecule has 1 rings (SSSR count). The van der Waals surface area contributed by atoms with Crippen LogP contribution >= 0.6 is 0 Å². The van der Waals surface area contributed by atoms with Crippen LogP contribution < -0.4 is 4.74 Å². The summed E-state index contributed by atoms with van der Waals surface area (Å²) in [6, 6.07) is 5.53. The summed E-state index contributed by atoms with van der Waals surface area (Å²) in [5, 5.41) is 9.73. The van der Waals surface area contributed by atoms with E-state index >= 15 is 0 Å². The summed E-state index contributed by atoms with van der Waals surface area (Å²) in [5.74, 6) is 0.588. The number of ketones is 1. The largest absolute Gasteiger partial charge is 0.496 e. The summed E-state index contributed by atoms with van der Waals surface area (Å²) >= 11 is 0. The Balaban J connectivity index is 2.78. The van der Waals surface area contributed by atoms with Crippen molar-refractivity contribution in [1.82, 2.24) is 4.90 Å². The SMILES string of the molecule is COc1cc(C)ccc1C(=O)CN(C)CC(C)(C)O. The van der Waals surface area contributed by atoms with Crippen LogP contribution in [-0.4, -0.2) is 48.6 Å². The highest BCUT2D eigenvalue weighted by atomic mass is 16.5. The summed E-state index contributed by atoms with van der Waals surface area (Å²) in [6.45, 7) is 6.09. The number of hydrogen-bond acceptors (Lipinski definition) is 4. The second-order valence-corrected chi connectivity index (χ2v) is 5.61. The molecule has 0 radical (unpaired) electrons. The van der Waals surface area contributed by atoms with Crippen LogP contribution in [-0.2, 0) is 0 Å². The van der Waals surface area contributed by atoms with Crippen LogP contribution in [0, 0.1) is 6.92 Å². The van der Waals surface area contributed by atoms with Gasteiger partial charge in [-0.1, -0.05) is 6.07 Å². The number of rotatable bonds is 6. The van der Waals surface area contributed by atoms with E-state index in [0.29, 0.717) is 17.9 Å². The van der Waals surface area contributed by atoms with Gasteiger partial charge in [-0.05, 0) is 45.5 Å². The number of ether oxygens (including phenoxy) is 1. The number of carbonyl (C=O) groups is 1. The van der Waals surface area contributed by atoms with Gasteiger partial charge in [-0.25, -0.2) is 0 Å². The molecule has 1 aromatic rings. The van der Waals surface area contributed by atoms with Crippen molar-refractivity contribution in [2.24, 2.45) is 0 Å². The Morgan fingerprint density at radius 1 is 1.42 bits per heavy atom. The van der Waals surface area contributed by atoms with Crippen molar-refractivity contribution in [1.29, 1.82) is 0 Å². The average Bonchev–Trinajstić information content (AvgIpc) is 2.25. The smallest absolute Gasteiger partial charge is 0.180 e. The number of benzene rings is 1. The van der Waals surface area contributed by atoms with Gasteiger partial charge in [0.2, 0.25) is 0 Å². The molecule has 0 bridgehead atoms. The lowest BCUT2D eigenvalue weighted by Crippen LogP contribution is -2.38. The highest BCUT2D eigenvalue weighted by Gasteiger charge is 2.19. The Labute approximate surface area is 115 Å². The number of nitrogens with zero attached hydrogens (tertiary/aromatic N) is 1. The van der Waals surface area contributed by atoms with Gasteiger partial charge in [0.1, 0.15) is 5.75 Å². The monoisotopic (exact) mass is 265 g/mol. The van der Waals surface area contributed by atoms with E-state index < -0.39 is 5.60 Å². The van der Waals surface area contributed by atoms with Gasteiger partial charge in [0.15, 0.2) is 5.78 Å². The van der Waals surface area contributed by atoms with Gasteiger partial charge in [0, 0.05) is 6.54 Å². The maximum atomic E-state index is 12.2. The van der Waals surface area contributed by atoms with Crippen LogP contribution in [0.5, 0.6) is 5.75 Å². The van der Waals surface area contributed by atoms with Gasteiger partial charge in [-0.3, -0.25) is 9.69 Å². The molecule has 1 N–H and O–H groups in total. The highest BCUT2D eigenvalue weighted by Crippen LogP contribution is 2.20. The van der Waals surface area contributed by atoms with Crippen molar-refractivity contribution in [3.8, 4) is 5.75 Å². The lowest BCUT2D eigenvalue weighted by molar-refractivity contribution is 0.0439. The summed E-state index contributed by atoms with van der Waals surface area (Å²) in [4.78, 5) is 14.0. The number of likely N-dealkylation sites (N-methyl/N-ethyl adjacent to an activating group) is 1. The standard InChI is InChI=1S/C15H23NO3/c1-11-6-7-12(14(8-11)19-5)13(17)9-16(4)10-15(2,3)18/h6-8,18H,9-10H2,1-5H3. The first-order valence-corrected chi connectivity index (χ1v) is 6.31. The minimum Gasteiger partial charge on any atom is -0.496 e. The predicted molar refractivity (Wildman–Crippen MR) is 75.9 cm³/mol. The summed E-state index contributed by atoms with van der Waals surface area (Å²) in [6.07, 6.45) is 0. The fraction of sp³-hybridized carbons (Fsp3) is 0.533. The zero-order valence-corrected chi connectivity index (χ0v) is 12.4. The molecule has 0 saturated carbocycles. The molecule has 106 valence electrons. The zero-order chi connectivity index (χ0) is 14.6. The van der Waals surface area contributed by atoms with E-state index in [1.54, 1.807) is 27.0 Å². The van der Waals surface area contributed by atoms with Gasteiger partial charge in [-0.2, -0.15) is 0 Å². The second-order valence-electron chi connectivity index (χ2n) is 5.61. The van der Waals surface area contributed by atoms with Crippen LogP contribution in [0.2, 0.25) is 0 Å². The molecule has 0 amide bonds. The number of carbonyl (C=O) groups excluding carboxylic acids is 1. The van der Waals surface area contributed by atoms with Gasteiger partial charge < -0.3 is 9.84 Å². The summed E-state index contributed by atoms with van der Waals surface area (Å²) in [5.41, 5.74) is 0.820. The topological polar surface area (TPSA) is 49.8 Å². The molecular weight excluding hydrogens is 242 g/mol. The molecule has 0 atom stereocenters. The molecule has 0 aliphatic rings. The number of aryl methyl sites for hydroxylation is 1. The third-order valence-electron chi connectivity index (χ3n) is 2.73. The van der Waals surface area contributed by atoms with Crippen LogP contribution in [0.25, 0.3) is 0 Å². The quantitative estimate of drug-likeness (QED) is 0.798. The minimum absolute atomic E-state index is 0.0106. The van der Waals surface area contributed by atoms with Crippen molar-refractivity contribution in [2.75, 3.05) is 27.2 Å². The summed E-state index contributed by atoms with van der Waals surface area (Å²) in [7, 11) is 3.38. The first kappa shape index (κ1) is 15.7. The molecule has 1 aromatic carbocycles. The van der Waals surface area contributed by atoms with E-state index in [0.717, 1.165) is 5.56 Å². The molecule has 0 unspecified atom stereocenters. The first-order valence-electron chi connectivity index (χ1n) is 6.31. The number of methoxy groups -OCH3 is 1. The maximum Gasteiger partial charge on any atom is 0.180 e. The zero-order valence-electron chi connectivity index (χ0n) is 12.4. The Morgan fingerprint density at radius 2 is 2.05 bits per heavy atom. The molecule has 0 aliphatic heterocycles. The van der Waals surface area contributed by atoms with E-state index in [2.05, 4.69) is 0 Å². The van der Waals surface area contributed by atoms with Crippen molar-refractivity contribution in [3.63, 3.8) is 0 Å². The van der Waals surface area contributed by atoms with Crippen LogP contribution in [0.3, 0.4) is 0 Å². The second kappa shape index (κ2) is 6.17. The Kier molecular flexibility index (Phi) is 5.09. The molecule has 0 saturated heterocycles.